The molecule has 104 valence electrons. The maximum atomic E-state index is 10.9. The first-order chi connectivity index (χ1) is 9.06. The maximum Gasteiger partial charge on any atom is 0.302 e. The molecule has 0 aliphatic carbocycles. The molecule has 1 aromatic rings. The lowest BCUT2D eigenvalue weighted by atomic mass is 10.1. The summed E-state index contributed by atoms with van der Waals surface area (Å²) in [6.45, 7) is 5.01. The number of carbonyl (C=O) groups is 1. The fourth-order valence-electron chi connectivity index (χ4n) is 1.96. The zero-order chi connectivity index (χ0) is 13.8. The Hall–Kier alpha value is -1.07. The summed E-state index contributed by atoms with van der Waals surface area (Å²) in [5, 5.41) is 0. The van der Waals surface area contributed by atoms with E-state index in [1.807, 2.05) is 19.1 Å². The first kappa shape index (κ1) is 14.3. The Morgan fingerprint density at radius 3 is 2.95 bits per heavy atom. The van der Waals surface area contributed by atoms with Crippen molar-refractivity contribution in [2.24, 2.45) is 0 Å². The normalized spacial score (nSPS) is 18.4. The quantitative estimate of drug-likeness (QED) is 0.797. The average molecular weight is 329 g/mol. The first-order valence-corrected chi connectivity index (χ1v) is 7.02. The molecule has 4 nitrogen and oxygen atoms in total. The van der Waals surface area contributed by atoms with Crippen molar-refractivity contribution >= 4 is 21.9 Å². The SMILES string of the molecule is CC(=O)OCc1cc(O[C@@H]2CCOC2)cc(C)c1Br. The fraction of sp³-hybridized carbons (Fsp3) is 0.500. The number of aryl methyl sites for hydroxylation is 1. The largest absolute Gasteiger partial charge is 0.488 e. The molecule has 5 heteroatoms. The molecule has 0 spiro atoms. The summed E-state index contributed by atoms with van der Waals surface area (Å²) in [5.41, 5.74) is 1.96. The van der Waals surface area contributed by atoms with Crippen molar-refractivity contribution < 1.29 is 19.0 Å². The van der Waals surface area contributed by atoms with Gasteiger partial charge in [-0.1, -0.05) is 15.9 Å². The van der Waals surface area contributed by atoms with Crippen LogP contribution in [0.5, 0.6) is 5.75 Å². The zero-order valence-corrected chi connectivity index (χ0v) is 12.7. The van der Waals surface area contributed by atoms with Gasteiger partial charge in [0.05, 0.1) is 13.2 Å². The highest BCUT2D eigenvalue weighted by molar-refractivity contribution is 9.10. The average Bonchev–Trinajstić information content (AvgIpc) is 2.84. The molecular formula is C14H17BrO4. The van der Waals surface area contributed by atoms with Crippen LogP contribution in [0.3, 0.4) is 0 Å². The lowest BCUT2D eigenvalue weighted by Gasteiger charge is -2.15. The molecule has 0 radical (unpaired) electrons. The lowest BCUT2D eigenvalue weighted by Crippen LogP contribution is -2.16. The van der Waals surface area contributed by atoms with Crippen molar-refractivity contribution in [1.29, 1.82) is 0 Å². The molecule has 1 atom stereocenters. The van der Waals surface area contributed by atoms with Crippen LogP contribution in [0, 0.1) is 6.92 Å². The predicted octanol–water partition coefficient (Wildman–Crippen LogP) is 2.99. The van der Waals surface area contributed by atoms with Crippen molar-refractivity contribution in [3.05, 3.63) is 27.7 Å². The Morgan fingerprint density at radius 1 is 1.53 bits per heavy atom. The van der Waals surface area contributed by atoms with Crippen LogP contribution in [0.1, 0.15) is 24.5 Å². The van der Waals surface area contributed by atoms with Crippen LogP contribution in [-0.2, 0) is 20.9 Å². The third kappa shape index (κ3) is 3.94. The minimum Gasteiger partial charge on any atom is -0.488 e. The van der Waals surface area contributed by atoms with Gasteiger partial charge in [-0.3, -0.25) is 4.79 Å². The molecule has 0 saturated carbocycles. The summed E-state index contributed by atoms with van der Waals surface area (Å²) in [6.07, 6.45) is 1.02. The molecular weight excluding hydrogens is 312 g/mol. The molecule has 1 fully saturated rings. The molecule has 0 N–H and O–H groups in total. The molecule has 1 aliphatic rings. The van der Waals surface area contributed by atoms with E-state index in [1.165, 1.54) is 6.92 Å². The molecule has 1 aliphatic heterocycles. The Kier molecular flexibility index (Phi) is 4.82. The van der Waals surface area contributed by atoms with Gasteiger partial charge in [0.25, 0.3) is 0 Å². The van der Waals surface area contributed by atoms with Gasteiger partial charge in [0, 0.05) is 23.4 Å². The van der Waals surface area contributed by atoms with Crippen LogP contribution in [0.2, 0.25) is 0 Å². The van der Waals surface area contributed by atoms with Crippen LogP contribution < -0.4 is 4.74 Å². The summed E-state index contributed by atoms with van der Waals surface area (Å²) in [6, 6.07) is 3.87. The Bertz CT molecular complexity index is 467. The topological polar surface area (TPSA) is 44.8 Å². The minimum atomic E-state index is -0.292. The molecule has 0 amide bonds. The number of halogens is 1. The van der Waals surface area contributed by atoms with Crippen LogP contribution in [0.4, 0.5) is 0 Å². The maximum absolute atomic E-state index is 10.9. The lowest BCUT2D eigenvalue weighted by molar-refractivity contribution is -0.142. The number of hydrogen-bond donors (Lipinski definition) is 0. The van der Waals surface area contributed by atoms with Crippen molar-refractivity contribution in [3.8, 4) is 5.75 Å². The number of hydrogen-bond acceptors (Lipinski definition) is 4. The number of ether oxygens (including phenoxy) is 3. The summed E-state index contributed by atoms with van der Waals surface area (Å²) < 4.78 is 17.1. The third-order valence-corrected chi connectivity index (χ3v) is 4.06. The monoisotopic (exact) mass is 328 g/mol. The molecule has 19 heavy (non-hydrogen) atoms. The van der Waals surface area contributed by atoms with Gasteiger partial charge >= 0.3 is 5.97 Å². The Balaban J connectivity index is 2.12. The van der Waals surface area contributed by atoms with E-state index in [9.17, 15) is 4.79 Å². The van der Waals surface area contributed by atoms with Crippen LogP contribution in [-0.4, -0.2) is 25.3 Å². The van der Waals surface area contributed by atoms with Crippen molar-refractivity contribution in [1.82, 2.24) is 0 Å². The molecule has 0 unspecified atom stereocenters. The molecule has 2 rings (SSSR count). The van der Waals surface area contributed by atoms with E-state index < -0.39 is 0 Å². The smallest absolute Gasteiger partial charge is 0.302 e. The molecule has 1 saturated heterocycles. The molecule has 0 bridgehead atoms. The second kappa shape index (κ2) is 6.39. The molecule has 0 aromatic heterocycles. The number of benzene rings is 1. The number of carbonyl (C=O) groups excluding carboxylic acids is 1. The summed E-state index contributed by atoms with van der Waals surface area (Å²) in [5.74, 6) is 0.499. The molecule has 1 heterocycles. The molecule has 1 aromatic carbocycles. The van der Waals surface area contributed by atoms with Crippen molar-refractivity contribution in [2.75, 3.05) is 13.2 Å². The van der Waals surface area contributed by atoms with Gasteiger partial charge in [0.1, 0.15) is 18.5 Å². The number of rotatable bonds is 4. The van der Waals surface area contributed by atoms with E-state index in [1.54, 1.807) is 0 Å². The van der Waals surface area contributed by atoms with Crippen LogP contribution >= 0.6 is 15.9 Å². The highest BCUT2D eigenvalue weighted by Crippen LogP contribution is 2.29. The second-order valence-electron chi connectivity index (χ2n) is 4.60. The van der Waals surface area contributed by atoms with E-state index >= 15 is 0 Å². The van der Waals surface area contributed by atoms with Gasteiger partial charge in [-0.15, -0.1) is 0 Å². The highest BCUT2D eigenvalue weighted by Gasteiger charge is 2.18. The van der Waals surface area contributed by atoms with E-state index in [4.69, 9.17) is 14.2 Å². The summed E-state index contributed by atoms with van der Waals surface area (Å²) in [7, 11) is 0. The van der Waals surface area contributed by atoms with Crippen LogP contribution in [0.25, 0.3) is 0 Å². The van der Waals surface area contributed by atoms with E-state index in [0.29, 0.717) is 6.61 Å². The first-order valence-electron chi connectivity index (χ1n) is 6.23. The van der Waals surface area contributed by atoms with Gasteiger partial charge in [-0.25, -0.2) is 0 Å². The Morgan fingerprint density at radius 2 is 2.32 bits per heavy atom. The van der Waals surface area contributed by atoms with Gasteiger partial charge in [-0.2, -0.15) is 0 Å². The standard InChI is InChI=1S/C14H17BrO4/c1-9-5-13(19-12-3-4-17-8-12)6-11(14(9)15)7-18-10(2)16/h5-6,12H,3-4,7-8H2,1-2H3/t12-/m1/s1. The van der Waals surface area contributed by atoms with Gasteiger partial charge in [0.15, 0.2) is 0 Å². The van der Waals surface area contributed by atoms with Crippen LogP contribution in [0.15, 0.2) is 16.6 Å². The second-order valence-corrected chi connectivity index (χ2v) is 5.39. The van der Waals surface area contributed by atoms with Crippen molar-refractivity contribution in [2.45, 2.75) is 33.0 Å². The van der Waals surface area contributed by atoms with E-state index in [2.05, 4.69) is 15.9 Å². The van der Waals surface area contributed by atoms with E-state index in [0.717, 1.165) is 34.4 Å². The zero-order valence-electron chi connectivity index (χ0n) is 11.1. The Labute approximate surface area is 121 Å². The van der Waals surface area contributed by atoms with Gasteiger partial charge in [0.2, 0.25) is 0 Å². The summed E-state index contributed by atoms with van der Waals surface area (Å²) >= 11 is 3.51. The number of esters is 1. The van der Waals surface area contributed by atoms with Gasteiger partial charge < -0.3 is 14.2 Å². The predicted molar refractivity (Wildman–Crippen MR) is 74.2 cm³/mol. The third-order valence-electron chi connectivity index (χ3n) is 2.92. The highest BCUT2D eigenvalue weighted by atomic mass is 79.9. The van der Waals surface area contributed by atoms with Crippen molar-refractivity contribution in [3.63, 3.8) is 0 Å². The minimum absolute atomic E-state index is 0.113. The summed E-state index contributed by atoms with van der Waals surface area (Å²) in [4.78, 5) is 10.9. The van der Waals surface area contributed by atoms with Gasteiger partial charge in [-0.05, 0) is 24.6 Å². The van der Waals surface area contributed by atoms with E-state index in [-0.39, 0.29) is 18.7 Å². The fourth-order valence-corrected chi connectivity index (χ4v) is 2.30.